The summed E-state index contributed by atoms with van der Waals surface area (Å²) in [6.07, 6.45) is -0.0310. The van der Waals surface area contributed by atoms with Gasteiger partial charge in [-0.05, 0) is 23.6 Å². The van der Waals surface area contributed by atoms with E-state index in [9.17, 15) is 9.59 Å². The molecule has 1 N–H and O–H groups in total. The summed E-state index contributed by atoms with van der Waals surface area (Å²) < 4.78 is 10.3. The predicted octanol–water partition coefficient (Wildman–Crippen LogP) is 3.34. The molecule has 1 amide bonds. The van der Waals surface area contributed by atoms with Gasteiger partial charge >= 0.3 is 5.97 Å². The lowest BCUT2D eigenvalue weighted by molar-refractivity contribution is -0.146. The SMILES string of the molecule is O=C(C[C@H]1Sc2ccccc2NC1=O)OCc1nc(-c2cccs2)no1. The number of benzene rings is 1. The van der Waals surface area contributed by atoms with Gasteiger partial charge in [0.25, 0.3) is 5.89 Å². The summed E-state index contributed by atoms with van der Waals surface area (Å²) in [5.41, 5.74) is 0.763. The fourth-order valence-corrected chi connectivity index (χ4v) is 4.14. The van der Waals surface area contributed by atoms with Gasteiger partial charge in [-0.1, -0.05) is 23.4 Å². The highest BCUT2D eigenvalue weighted by atomic mass is 32.2. The molecular formula is C17H13N3O4S2. The number of anilines is 1. The molecule has 132 valence electrons. The molecule has 0 saturated carbocycles. The van der Waals surface area contributed by atoms with Crippen molar-refractivity contribution >= 4 is 40.7 Å². The number of carbonyl (C=O) groups is 2. The third-order valence-electron chi connectivity index (χ3n) is 3.62. The molecule has 0 unspecified atom stereocenters. The van der Waals surface area contributed by atoms with Crippen molar-refractivity contribution in [1.82, 2.24) is 10.1 Å². The normalized spacial score (nSPS) is 16.0. The molecule has 0 radical (unpaired) electrons. The molecule has 0 spiro atoms. The minimum Gasteiger partial charge on any atom is -0.456 e. The van der Waals surface area contributed by atoms with Crippen LogP contribution in [0.25, 0.3) is 10.7 Å². The molecule has 0 fully saturated rings. The summed E-state index contributed by atoms with van der Waals surface area (Å²) in [6, 6.07) is 11.2. The first kappa shape index (κ1) is 16.8. The quantitative estimate of drug-likeness (QED) is 0.671. The Hall–Kier alpha value is -2.65. The van der Waals surface area contributed by atoms with E-state index in [1.807, 2.05) is 41.8 Å². The molecule has 1 aliphatic rings. The number of thiophene rings is 1. The van der Waals surface area contributed by atoms with Crippen molar-refractivity contribution in [3.8, 4) is 10.7 Å². The topological polar surface area (TPSA) is 94.3 Å². The number of thioether (sulfide) groups is 1. The van der Waals surface area contributed by atoms with Gasteiger partial charge in [0.15, 0.2) is 6.61 Å². The highest BCUT2D eigenvalue weighted by Gasteiger charge is 2.29. The Morgan fingerprint density at radius 3 is 3.00 bits per heavy atom. The van der Waals surface area contributed by atoms with E-state index in [-0.39, 0.29) is 24.8 Å². The number of ether oxygens (including phenoxy) is 1. The fraction of sp³-hybridized carbons (Fsp3) is 0.176. The van der Waals surface area contributed by atoms with E-state index < -0.39 is 11.2 Å². The first-order chi connectivity index (χ1) is 12.7. The summed E-state index contributed by atoms with van der Waals surface area (Å²) in [5, 5.41) is 8.04. The van der Waals surface area contributed by atoms with Gasteiger partial charge in [0.1, 0.15) is 0 Å². The molecular weight excluding hydrogens is 374 g/mol. The maximum absolute atomic E-state index is 12.1. The maximum Gasteiger partial charge on any atom is 0.307 e. The van der Waals surface area contributed by atoms with Crippen molar-refractivity contribution in [3.63, 3.8) is 0 Å². The van der Waals surface area contributed by atoms with Gasteiger partial charge in [-0.15, -0.1) is 23.1 Å². The molecule has 0 aliphatic carbocycles. The lowest BCUT2D eigenvalue weighted by Gasteiger charge is -2.23. The molecule has 4 rings (SSSR count). The monoisotopic (exact) mass is 387 g/mol. The number of aromatic nitrogens is 2. The van der Waals surface area contributed by atoms with Gasteiger partial charge in [0, 0.05) is 4.90 Å². The first-order valence-electron chi connectivity index (χ1n) is 7.77. The van der Waals surface area contributed by atoms with Crippen LogP contribution in [0, 0.1) is 0 Å². The number of esters is 1. The number of nitrogens with zero attached hydrogens (tertiary/aromatic N) is 2. The molecule has 1 aliphatic heterocycles. The smallest absolute Gasteiger partial charge is 0.307 e. The zero-order valence-corrected chi connectivity index (χ0v) is 15.0. The van der Waals surface area contributed by atoms with Crippen LogP contribution in [0.3, 0.4) is 0 Å². The van der Waals surface area contributed by atoms with Crippen molar-refractivity contribution < 1.29 is 18.8 Å². The van der Waals surface area contributed by atoms with Crippen LogP contribution < -0.4 is 5.32 Å². The number of nitrogens with one attached hydrogen (secondary N) is 1. The van der Waals surface area contributed by atoms with E-state index in [0.717, 1.165) is 15.5 Å². The van der Waals surface area contributed by atoms with Crippen LogP contribution in [-0.2, 0) is 20.9 Å². The van der Waals surface area contributed by atoms with Gasteiger partial charge < -0.3 is 14.6 Å². The predicted molar refractivity (Wildman–Crippen MR) is 96.7 cm³/mol. The lowest BCUT2D eigenvalue weighted by Crippen LogP contribution is -2.31. The second-order valence-corrected chi connectivity index (χ2v) is 7.64. The molecule has 1 aromatic carbocycles. The Bertz CT molecular complexity index is 939. The van der Waals surface area contributed by atoms with Gasteiger partial charge in [-0.25, -0.2) is 0 Å². The van der Waals surface area contributed by atoms with Crippen molar-refractivity contribution in [2.24, 2.45) is 0 Å². The van der Waals surface area contributed by atoms with Gasteiger partial charge in [0.2, 0.25) is 11.7 Å². The molecule has 26 heavy (non-hydrogen) atoms. The second kappa shape index (κ2) is 7.30. The van der Waals surface area contributed by atoms with Crippen LogP contribution in [0.2, 0.25) is 0 Å². The van der Waals surface area contributed by atoms with E-state index in [4.69, 9.17) is 9.26 Å². The number of rotatable bonds is 5. The number of amides is 1. The van der Waals surface area contributed by atoms with Gasteiger partial charge in [-0.2, -0.15) is 4.98 Å². The first-order valence-corrected chi connectivity index (χ1v) is 9.53. The van der Waals surface area contributed by atoms with Crippen molar-refractivity contribution in [3.05, 3.63) is 47.7 Å². The average Bonchev–Trinajstić information content (AvgIpc) is 3.32. The Morgan fingerprint density at radius 2 is 2.15 bits per heavy atom. The standard InChI is InChI=1S/C17H13N3O4S2/c21-15(8-13-17(22)18-10-4-1-2-5-11(10)26-13)23-9-14-19-16(20-24-14)12-6-3-7-25-12/h1-7,13H,8-9H2,(H,18,22)/t13-/m1/s1. The summed E-state index contributed by atoms with van der Waals surface area (Å²) in [6.45, 7) is -0.118. The average molecular weight is 387 g/mol. The number of carbonyl (C=O) groups excluding carboxylic acids is 2. The highest BCUT2D eigenvalue weighted by Crippen LogP contribution is 2.36. The molecule has 0 saturated heterocycles. The van der Waals surface area contributed by atoms with Crippen molar-refractivity contribution in [2.45, 2.75) is 23.2 Å². The Labute approximate surface area is 156 Å². The lowest BCUT2D eigenvalue weighted by atomic mass is 10.2. The van der Waals surface area contributed by atoms with Crippen LogP contribution in [0.5, 0.6) is 0 Å². The molecule has 2 aromatic heterocycles. The number of para-hydroxylation sites is 1. The van der Waals surface area contributed by atoms with Crippen LogP contribution in [0.4, 0.5) is 5.69 Å². The molecule has 7 nitrogen and oxygen atoms in total. The van der Waals surface area contributed by atoms with E-state index in [0.29, 0.717) is 5.82 Å². The van der Waals surface area contributed by atoms with Crippen LogP contribution >= 0.6 is 23.1 Å². The maximum atomic E-state index is 12.1. The zero-order valence-electron chi connectivity index (χ0n) is 13.4. The largest absolute Gasteiger partial charge is 0.456 e. The number of hydrogen-bond donors (Lipinski definition) is 1. The Kier molecular flexibility index (Phi) is 4.72. The minimum absolute atomic E-state index is 0.0310. The van der Waals surface area contributed by atoms with Crippen LogP contribution in [-0.4, -0.2) is 27.3 Å². The molecule has 3 aromatic rings. The summed E-state index contributed by atoms with van der Waals surface area (Å²) in [7, 11) is 0. The summed E-state index contributed by atoms with van der Waals surface area (Å²) in [5.74, 6) is -0.0194. The highest BCUT2D eigenvalue weighted by molar-refractivity contribution is 8.01. The molecule has 1 atom stereocenters. The van der Waals surface area contributed by atoms with Crippen molar-refractivity contribution in [1.29, 1.82) is 0 Å². The van der Waals surface area contributed by atoms with Crippen LogP contribution in [0.15, 0.2) is 51.2 Å². The minimum atomic E-state index is -0.526. The summed E-state index contributed by atoms with van der Waals surface area (Å²) in [4.78, 5) is 30.2. The zero-order chi connectivity index (χ0) is 17.9. The van der Waals surface area contributed by atoms with Crippen molar-refractivity contribution in [2.75, 3.05) is 5.32 Å². The van der Waals surface area contributed by atoms with E-state index in [2.05, 4.69) is 15.5 Å². The molecule has 3 heterocycles. The Balaban J connectivity index is 1.33. The summed E-state index contributed by atoms with van der Waals surface area (Å²) >= 11 is 2.85. The van der Waals surface area contributed by atoms with Gasteiger partial charge in [-0.3, -0.25) is 9.59 Å². The van der Waals surface area contributed by atoms with Gasteiger partial charge in [0.05, 0.1) is 22.2 Å². The van der Waals surface area contributed by atoms with E-state index >= 15 is 0 Å². The fourth-order valence-electron chi connectivity index (χ4n) is 2.40. The third-order valence-corrected chi connectivity index (χ3v) is 5.77. The number of fused-ring (bicyclic) bond motifs is 1. The Morgan fingerprint density at radius 1 is 1.27 bits per heavy atom. The molecule has 0 bridgehead atoms. The van der Waals surface area contributed by atoms with Crippen LogP contribution in [0.1, 0.15) is 12.3 Å². The third kappa shape index (κ3) is 3.63. The molecule has 9 heteroatoms. The number of hydrogen-bond acceptors (Lipinski definition) is 8. The van der Waals surface area contributed by atoms with E-state index in [1.54, 1.807) is 0 Å². The van der Waals surface area contributed by atoms with E-state index in [1.165, 1.54) is 23.1 Å². The second-order valence-electron chi connectivity index (χ2n) is 5.45.